The van der Waals surface area contributed by atoms with Gasteiger partial charge in [-0.1, -0.05) is 55.4 Å². The van der Waals surface area contributed by atoms with Crippen LogP contribution in [0.15, 0.2) is 9.98 Å². The van der Waals surface area contributed by atoms with Gasteiger partial charge < -0.3 is 9.47 Å². The van der Waals surface area contributed by atoms with Gasteiger partial charge in [0.1, 0.15) is 11.2 Å². The first-order chi connectivity index (χ1) is 11.5. The maximum absolute atomic E-state index is 6.46. The van der Waals surface area contributed by atoms with Gasteiger partial charge in [-0.25, -0.2) is 9.98 Å². The van der Waals surface area contributed by atoms with Gasteiger partial charge in [0.25, 0.3) is 0 Å². The molecule has 2 aliphatic rings. The van der Waals surface area contributed by atoms with E-state index in [4.69, 9.17) is 19.5 Å². The molecule has 0 aromatic rings. The van der Waals surface area contributed by atoms with Gasteiger partial charge in [-0.15, -0.1) is 0 Å². The smallest absolute Gasteiger partial charge is 0.193 e. The first kappa shape index (κ1) is 20.3. The lowest BCUT2D eigenvalue weighted by Crippen LogP contribution is -2.49. The summed E-state index contributed by atoms with van der Waals surface area (Å²) in [6.07, 6.45) is 0.567. The fourth-order valence-electron chi connectivity index (χ4n) is 5.29. The van der Waals surface area contributed by atoms with Crippen LogP contribution >= 0.6 is 0 Å². The number of rotatable bonds is 6. The summed E-state index contributed by atoms with van der Waals surface area (Å²) < 4.78 is 12.9. The van der Waals surface area contributed by atoms with Crippen LogP contribution in [0.1, 0.15) is 75.7 Å². The molecule has 0 aromatic carbocycles. The van der Waals surface area contributed by atoms with Gasteiger partial charge in [0, 0.05) is 0 Å². The fourth-order valence-corrected chi connectivity index (χ4v) is 5.29. The third kappa shape index (κ3) is 3.10. The van der Waals surface area contributed by atoms with E-state index < -0.39 is 0 Å². The van der Waals surface area contributed by atoms with Crippen LogP contribution in [0.2, 0.25) is 0 Å². The second-order valence-electron chi connectivity index (χ2n) is 9.10. The predicted octanol–water partition coefficient (Wildman–Crippen LogP) is 5.11. The zero-order valence-corrected chi connectivity index (χ0v) is 17.9. The molecule has 0 N–H and O–H groups in total. The zero-order chi connectivity index (χ0) is 19.2. The molecular formula is C21H38N2O2. The maximum atomic E-state index is 6.46. The first-order valence-corrected chi connectivity index (χ1v) is 9.99. The van der Waals surface area contributed by atoms with Gasteiger partial charge in [-0.2, -0.15) is 0 Å². The van der Waals surface area contributed by atoms with E-state index in [0.29, 0.717) is 30.1 Å². The Hall–Kier alpha value is -1.06. The maximum Gasteiger partial charge on any atom is 0.193 e. The summed E-state index contributed by atoms with van der Waals surface area (Å²) in [6.45, 7) is 22.1. The van der Waals surface area contributed by atoms with Crippen LogP contribution in [-0.4, -0.2) is 35.1 Å². The van der Waals surface area contributed by atoms with E-state index in [-0.39, 0.29) is 23.3 Å². The molecule has 25 heavy (non-hydrogen) atoms. The molecule has 0 amide bonds. The molecule has 0 fully saturated rings. The second kappa shape index (κ2) is 6.92. The van der Waals surface area contributed by atoms with Crippen molar-refractivity contribution in [1.29, 1.82) is 0 Å². The molecule has 0 unspecified atom stereocenters. The van der Waals surface area contributed by atoms with E-state index in [0.717, 1.165) is 11.8 Å². The summed E-state index contributed by atoms with van der Waals surface area (Å²) in [5.41, 5.74) is -0.458. The van der Waals surface area contributed by atoms with Gasteiger partial charge in [0.2, 0.25) is 0 Å². The monoisotopic (exact) mass is 350 g/mol. The summed E-state index contributed by atoms with van der Waals surface area (Å²) in [6, 6.07) is 0.309. The normalized spacial score (nSPS) is 27.8. The molecule has 0 saturated carbocycles. The lowest BCUT2D eigenvalue weighted by Gasteiger charge is -2.40. The third-order valence-corrected chi connectivity index (χ3v) is 6.48. The van der Waals surface area contributed by atoms with Crippen molar-refractivity contribution in [3.8, 4) is 0 Å². The molecule has 4 nitrogen and oxygen atoms in total. The van der Waals surface area contributed by atoms with E-state index in [2.05, 4.69) is 69.2 Å². The summed E-state index contributed by atoms with van der Waals surface area (Å²) in [5, 5.41) is 0. The first-order valence-electron chi connectivity index (χ1n) is 9.99. The molecule has 2 rings (SSSR count). The lowest BCUT2D eigenvalue weighted by atomic mass is 9.76. The Morgan fingerprint density at radius 2 is 0.960 bits per heavy atom. The van der Waals surface area contributed by atoms with Crippen molar-refractivity contribution in [3.05, 3.63) is 0 Å². The number of hydrogen-bond donors (Lipinski definition) is 0. The highest BCUT2D eigenvalue weighted by Crippen LogP contribution is 2.42. The van der Waals surface area contributed by atoms with Crippen molar-refractivity contribution >= 4 is 11.8 Å². The highest BCUT2D eigenvalue weighted by molar-refractivity contribution is 5.99. The standard InChI is InChI=1S/C21H38N2O2/c1-12(2)20(13(3)4)16(9)22-18(24-20)11-19-23-17(10)21(25-19,14(5)6)15(7)8/h12-17H,11H2,1-10H3/t16-,17-/m1/s1. The predicted molar refractivity (Wildman–Crippen MR) is 105 cm³/mol. The van der Waals surface area contributed by atoms with E-state index in [9.17, 15) is 0 Å². The van der Waals surface area contributed by atoms with Crippen LogP contribution in [0.25, 0.3) is 0 Å². The molecule has 0 aromatic heterocycles. The van der Waals surface area contributed by atoms with Crippen LogP contribution < -0.4 is 0 Å². The molecule has 0 saturated heterocycles. The van der Waals surface area contributed by atoms with E-state index >= 15 is 0 Å². The molecule has 0 aliphatic carbocycles. The molecule has 2 aliphatic heterocycles. The van der Waals surface area contributed by atoms with E-state index in [1.165, 1.54) is 0 Å². The van der Waals surface area contributed by atoms with Crippen molar-refractivity contribution in [1.82, 2.24) is 0 Å². The van der Waals surface area contributed by atoms with Gasteiger partial charge in [-0.05, 0) is 37.5 Å². The van der Waals surface area contributed by atoms with Crippen molar-refractivity contribution in [2.45, 2.75) is 98.9 Å². The number of nitrogens with zero attached hydrogens (tertiary/aromatic N) is 2. The summed E-state index contributed by atoms with van der Waals surface area (Å²) >= 11 is 0. The minimum Gasteiger partial charge on any atom is -0.471 e. The van der Waals surface area contributed by atoms with Gasteiger partial charge in [-0.3, -0.25) is 0 Å². The quantitative estimate of drug-likeness (QED) is 0.668. The van der Waals surface area contributed by atoms with Crippen molar-refractivity contribution in [2.75, 3.05) is 0 Å². The summed E-state index contributed by atoms with van der Waals surface area (Å²) in [4.78, 5) is 9.69. The van der Waals surface area contributed by atoms with E-state index in [1.807, 2.05) is 0 Å². The molecule has 0 radical (unpaired) electrons. The molecule has 0 spiro atoms. The molecule has 0 bridgehead atoms. The van der Waals surface area contributed by atoms with Crippen molar-refractivity contribution in [3.63, 3.8) is 0 Å². The molecule has 144 valence electrons. The SMILES string of the molecule is CC(C)C1(C(C)C)OC(CC2=N[C@H](C)C(C(C)C)(C(C)C)O2)=N[C@@H]1C. The molecular weight excluding hydrogens is 312 g/mol. The molecule has 2 atom stereocenters. The minimum atomic E-state index is -0.229. The Labute approximate surface area is 154 Å². The number of hydrogen-bond acceptors (Lipinski definition) is 4. The van der Waals surface area contributed by atoms with Crippen molar-refractivity contribution < 1.29 is 9.47 Å². The van der Waals surface area contributed by atoms with Crippen molar-refractivity contribution in [2.24, 2.45) is 33.7 Å². The van der Waals surface area contributed by atoms with Crippen LogP contribution in [-0.2, 0) is 9.47 Å². The average Bonchev–Trinajstić information content (AvgIpc) is 2.97. The zero-order valence-electron chi connectivity index (χ0n) is 17.9. The Bertz CT molecular complexity index is 482. The number of aliphatic imine (C=N–C) groups is 2. The Morgan fingerprint density at radius 1 is 0.680 bits per heavy atom. The summed E-state index contributed by atoms with van der Waals surface area (Å²) in [7, 11) is 0. The van der Waals surface area contributed by atoms with Crippen LogP contribution in [0, 0.1) is 23.7 Å². The van der Waals surface area contributed by atoms with Gasteiger partial charge in [0.15, 0.2) is 11.8 Å². The number of ether oxygens (including phenoxy) is 2. The fraction of sp³-hybridized carbons (Fsp3) is 0.905. The van der Waals surface area contributed by atoms with Gasteiger partial charge in [0.05, 0.1) is 18.5 Å². The Morgan fingerprint density at radius 3 is 1.16 bits per heavy atom. The van der Waals surface area contributed by atoms with E-state index in [1.54, 1.807) is 0 Å². The van der Waals surface area contributed by atoms with Gasteiger partial charge >= 0.3 is 0 Å². The largest absolute Gasteiger partial charge is 0.471 e. The second-order valence-corrected chi connectivity index (χ2v) is 9.10. The topological polar surface area (TPSA) is 43.2 Å². The third-order valence-electron chi connectivity index (χ3n) is 6.48. The van der Waals surface area contributed by atoms with Crippen LogP contribution in [0.5, 0.6) is 0 Å². The Balaban J connectivity index is 2.17. The average molecular weight is 351 g/mol. The minimum absolute atomic E-state index is 0.155. The molecule has 4 heteroatoms. The van der Waals surface area contributed by atoms with Crippen LogP contribution in [0.4, 0.5) is 0 Å². The van der Waals surface area contributed by atoms with Crippen LogP contribution in [0.3, 0.4) is 0 Å². The summed E-state index contributed by atoms with van der Waals surface area (Å²) in [5.74, 6) is 3.17. The highest BCUT2D eigenvalue weighted by atomic mass is 16.5. The molecule has 2 heterocycles. The Kier molecular flexibility index (Phi) is 5.61. The lowest BCUT2D eigenvalue weighted by molar-refractivity contribution is -0.0352. The highest BCUT2D eigenvalue weighted by Gasteiger charge is 2.52.